The normalized spacial score (nSPS) is 32.1. The van der Waals surface area contributed by atoms with Gasteiger partial charge in [-0.2, -0.15) is 0 Å². The third kappa shape index (κ3) is 2.23. The number of hydrogen-bond donors (Lipinski definition) is 3. The molecule has 1 heterocycles. The molecule has 0 aromatic rings. The monoisotopic (exact) mass is 216 g/mol. The average molecular weight is 216 g/mol. The minimum Gasteiger partial charge on any atom is -0.465 e. The number of hydrogen-bond acceptors (Lipinski definition) is 3. The Balaban J connectivity index is 2.97. The van der Waals surface area contributed by atoms with E-state index in [9.17, 15) is 9.90 Å². The van der Waals surface area contributed by atoms with Crippen LogP contribution < -0.4 is 5.73 Å². The summed E-state index contributed by atoms with van der Waals surface area (Å²) in [5.74, 6) is -0.166. The molecule has 0 aliphatic carbocycles. The predicted octanol–water partition coefficient (Wildman–Crippen LogP) is 0.331. The number of rotatable bonds is 1. The topological polar surface area (TPSA) is 86.8 Å². The molecule has 0 radical (unpaired) electrons. The number of nitrogens with two attached hydrogens (primary N) is 1. The van der Waals surface area contributed by atoms with Crippen molar-refractivity contribution in [1.29, 1.82) is 0 Å². The Morgan fingerprint density at radius 3 is 2.40 bits per heavy atom. The summed E-state index contributed by atoms with van der Waals surface area (Å²) in [6.45, 7) is 6.15. The van der Waals surface area contributed by atoms with Crippen LogP contribution in [0.25, 0.3) is 0 Å². The predicted molar refractivity (Wildman–Crippen MR) is 56.5 cm³/mol. The van der Waals surface area contributed by atoms with Crippen molar-refractivity contribution in [1.82, 2.24) is 4.90 Å². The highest BCUT2D eigenvalue weighted by Crippen LogP contribution is 2.36. The Hall–Kier alpha value is -0.810. The van der Waals surface area contributed by atoms with E-state index >= 15 is 0 Å². The molecule has 5 nitrogen and oxygen atoms in total. The highest BCUT2D eigenvalue weighted by atomic mass is 16.4. The largest absolute Gasteiger partial charge is 0.465 e. The fraction of sp³-hybridized carbons (Fsp3) is 0.900. The first kappa shape index (κ1) is 12.3. The molecule has 3 atom stereocenters. The summed E-state index contributed by atoms with van der Waals surface area (Å²) in [5, 5.41) is 18.3. The average Bonchev–Trinajstić information content (AvgIpc) is 2.41. The van der Waals surface area contributed by atoms with Crippen LogP contribution in [0.3, 0.4) is 0 Å². The number of nitrogens with zero attached hydrogens (tertiary/aromatic N) is 1. The number of aliphatic hydroxyl groups excluding tert-OH is 1. The quantitative estimate of drug-likeness (QED) is 0.589. The van der Waals surface area contributed by atoms with Crippen molar-refractivity contribution in [3.8, 4) is 0 Å². The third-order valence-corrected chi connectivity index (χ3v) is 3.04. The highest BCUT2D eigenvalue weighted by molar-refractivity contribution is 5.66. The molecule has 1 fully saturated rings. The number of carboxylic acid groups (broad SMARTS) is 1. The zero-order chi connectivity index (χ0) is 11.8. The molecule has 3 unspecified atom stereocenters. The van der Waals surface area contributed by atoms with Crippen molar-refractivity contribution in [2.45, 2.75) is 32.9 Å². The van der Waals surface area contributed by atoms with Crippen molar-refractivity contribution >= 4 is 6.09 Å². The second kappa shape index (κ2) is 3.98. The summed E-state index contributed by atoms with van der Waals surface area (Å²) >= 11 is 0. The van der Waals surface area contributed by atoms with E-state index in [-0.39, 0.29) is 30.0 Å². The first-order valence-electron chi connectivity index (χ1n) is 5.15. The molecule has 0 spiro atoms. The Morgan fingerprint density at radius 2 is 2.07 bits per heavy atom. The van der Waals surface area contributed by atoms with Crippen LogP contribution in [0.1, 0.15) is 20.8 Å². The van der Waals surface area contributed by atoms with Gasteiger partial charge in [0.05, 0.1) is 0 Å². The Morgan fingerprint density at radius 1 is 1.53 bits per heavy atom. The summed E-state index contributed by atoms with van der Waals surface area (Å²) in [7, 11) is 0. The number of amides is 1. The van der Waals surface area contributed by atoms with Crippen LogP contribution in [-0.4, -0.2) is 46.4 Å². The zero-order valence-electron chi connectivity index (χ0n) is 9.47. The molecule has 4 N–H and O–H groups in total. The van der Waals surface area contributed by atoms with Crippen LogP contribution in [-0.2, 0) is 0 Å². The lowest BCUT2D eigenvalue weighted by Gasteiger charge is -2.36. The van der Waals surface area contributed by atoms with E-state index in [1.54, 1.807) is 0 Å². The molecule has 1 amide bonds. The molecule has 0 aromatic carbocycles. The lowest BCUT2D eigenvalue weighted by molar-refractivity contribution is 0.0741. The number of aliphatic hydroxyl groups is 1. The Bertz CT molecular complexity index is 250. The summed E-state index contributed by atoms with van der Waals surface area (Å²) in [6.07, 6.45) is -0.957. The van der Waals surface area contributed by atoms with Crippen LogP contribution in [0.15, 0.2) is 0 Å². The lowest BCUT2D eigenvalue weighted by atomic mass is 9.79. The first-order valence-corrected chi connectivity index (χ1v) is 5.15. The molecule has 15 heavy (non-hydrogen) atoms. The second-order valence-electron chi connectivity index (χ2n) is 5.26. The van der Waals surface area contributed by atoms with Crippen LogP contribution in [0.2, 0.25) is 0 Å². The van der Waals surface area contributed by atoms with Crippen molar-refractivity contribution in [2.75, 3.05) is 13.2 Å². The van der Waals surface area contributed by atoms with Gasteiger partial charge >= 0.3 is 6.09 Å². The van der Waals surface area contributed by atoms with Crippen LogP contribution in [0.4, 0.5) is 4.79 Å². The zero-order valence-corrected chi connectivity index (χ0v) is 9.47. The summed E-state index contributed by atoms with van der Waals surface area (Å²) in [5.41, 5.74) is 5.63. The van der Waals surface area contributed by atoms with Gasteiger partial charge in [0, 0.05) is 31.2 Å². The van der Waals surface area contributed by atoms with Gasteiger partial charge in [-0.05, 0) is 5.41 Å². The minimum atomic E-state index is -0.957. The highest BCUT2D eigenvalue weighted by Gasteiger charge is 2.47. The van der Waals surface area contributed by atoms with Gasteiger partial charge < -0.3 is 20.8 Å². The Kier molecular flexibility index (Phi) is 3.25. The molecule has 0 bridgehead atoms. The van der Waals surface area contributed by atoms with Gasteiger partial charge in [-0.1, -0.05) is 20.8 Å². The number of carbonyl (C=O) groups is 1. The van der Waals surface area contributed by atoms with Crippen molar-refractivity contribution in [3.63, 3.8) is 0 Å². The van der Waals surface area contributed by atoms with E-state index in [1.807, 2.05) is 20.8 Å². The molecule has 0 saturated carbocycles. The van der Waals surface area contributed by atoms with Gasteiger partial charge in [-0.25, -0.2) is 4.79 Å². The van der Waals surface area contributed by atoms with E-state index in [0.717, 1.165) is 0 Å². The van der Waals surface area contributed by atoms with E-state index in [0.29, 0.717) is 6.54 Å². The van der Waals surface area contributed by atoms with Crippen LogP contribution >= 0.6 is 0 Å². The molecule has 1 aliphatic rings. The van der Waals surface area contributed by atoms with Gasteiger partial charge in [0.1, 0.15) is 0 Å². The maximum absolute atomic E-state index is 11.1. The van der Waals surface area contributed by atoms with Crippen LogP contribution in [0, 0.1) is 11.3 Å². The lowest BCUT2D eigenvalue weighted by Crippen LogP contribution is -2.46. The fourth-order valence-corrected chi connectivity index (χ4v) is 2.48. The van der Waals surface area contributed by atoms with Gasteiger partial charge in [-0.15, -0.1) is 0 Å². The third-order valence-electron chi connectivity index (χ3n) is 3.04. The van der Waals surface area contributed by atoms with E-state index in [4.69, 9.17) is 10.8 Å². The van der Waals surface area contributed by atoms with Crippen LogP contribution in [0.5, 0.6) is 0 Å². The van der Waals surface area contributed by atoms with Gasteiger partial charge in [0.15, 0.2) is 0 Å². The summed E-state index contributed by atoms with van der Waals surface area (Å²) in [4.78, 5) is 12.4. The molecule has 0 aromatic heterocycles. The molecule has 1 saturated heterocycles. The Labute approximate surface area is 89.9 Å². The SMILES string of the molecule is CC(C)(C)C1C(CO)C(N)CN1C(=O)O. The summed E-state index contributed by atoms with van der Waals surface area (Å²) in [6, 6.07) is -0.481. The van der Waals surface area contributed by atoms with E-state index in [2.05, 4.69) is 0 Å². The van der Waals surface area contributed by atoms with E-state index < -0.39 is 6.09 Å². The van der Waals surface area contributed by atoms with Crippen molar-refractivity contribution in [2.24, 2.45) is 17.1 Å². The van der Waals surface area contributed by atoms with Crippen molar-refractivity contribution < 1.29 is 15.0 Å². The fourth-order valence-electron chi connectivity index (χ4n) is 2.48. The number of likely N-dealkylation sites (tertiary alicyclic amines) is 1. The van der Waals surface area contributed by atoms with E-state index in [1.165, 1.54) is 4.90 Å². The molecule has 1 aliphatic heterocycles. The molecule has 1 rings (SSSR count). The van der Waals surface area contributed by atoms with Crippen molar-refractivity contribution in [3.05, 3.63) is 0 Å². The minimum absolute atomic E-state index is 0.0626. The molecular weight excluding hydrogens is 196 g/mol. The molecule has 88 valence electrons. The first-order chi connectivity index (χ1) is 6.79. The van der Waals surface area contributed by atoms with Gasteiger partial charge in [0.25, 0.3) is 0 Å². The smallest absolute Gasteiger partial charge is 0.407 e. The van der Waals surface area contributed by atoms with Gasteiger partial charge in [-0.3, -0.25) is 0 Å². The standard InChI is InChI=1S/C10H20N2O3/c1-10(2,3)8-6(5-13)7(11)4-12(8)9(14)15/h6-8,13H,4-5,11H2,1-3H3,(H,14,15). The van der Waals surface area contributed by atoms with Gasteiger partial charge in [0.2, 0.25) is 0 Å². The second-order valence-corrected chi connectivity index (χ2v) is 5.26. The maximum atomic E-state index is 11.1. The summed E-state index contributed by atoms with van der Waals surface area (Å²) < 4.78 is 0. The molecule has 5 heteroatoms. The maximum Gasteiger partial charge on any atom is 0.407 e. The molecular formula is C10H20N2O3.